The molecule has 0 bridgehead atoms. The molecule has 106 valence electrons. The standard InChI is InChI=1S/C15H12ClN3S2/c1-8-2-4-12-13(6-8)21-15(19-12)18-11-5-3-9(14(17)20)7-10(11)16/h2-7H,1H3,(H2,17,20)(H,18,19). The van der Waals surface area contributed by atoms with E-state index in [1.807, 2.05) is 18.2 Å². The van der Waals surface area contributed by atoms with Gasteiger partial charge in [-0.05, 0) is 42.8 Å². The minimum Gasteiger partial charge on any atom is -0.389 e. The van der Waals surface area contributed by atoms with Gasteiger partial charge in [-0.25, -0.2) is 4.98 Å². The summed E-state index contributed by atoms with van der Waals surface area (Å²) < 4.78 is 1.15. The predicted octanol–water partition coefficient (Wildman–Crippen LogP) is 4.64. The number of halogens is 1. The average Bonchev–Trinajstić information content (AvgIpc) is 2.82. The highest BCUT2D eigenvalue weighted by molar-refractivity contribution is 7.80. The van der Waals surface area contributed by atoms with Crippen molar-refractivity contribution >= 4 is 61.2 Å². The topological polar surface area (TPSA) is 50.9 Å². The molecule has 0 fully saturated rings. The van der Waals surface area contributed by atoms with Crippen LogP contribution in [0.5, 0.6) is 0 Å². The molecule has 3 N–H and O–H groups in total. The van der Waals surface area contributed by atoms with E-state index in [2.05, 4.69) is 29.4 Å². The summed E-state index contributed by atoms with van der Waals surface area (Å²) in [5.74, 6) is 0. The third kappa shape index (κ3) is 3.00. The van der Waals surface area contributed by atoms with Crippen LogP contribution >= 0.6 is 35.2 Å². The maximum absolute atomic E-state index is 6.25. The van der Waals surface area contributed by atoms with E-state index in [4.69, 9.17) is 29.6 Å². The number of nitrogens with one attached hydrogen (secondary N) is 1. The number of thiocarbonyl (C=S) groups is 1. The van der Waals surface area contributed by atoms with Gasteiger partial charge in [0.15, 0.2) is 5.13 Å². The van der Waals surface area contributed by atoms with Crippen LogP contribution in [0.1, 0.15) is 11.1 Å². The fourth-order valence-corrected chi connectivity index (χ4v) is 3.30. The Morgan fingerprint density at radius 1 is 1.29 bits per heavy atom. The number of hydrogen-bond donors (Lipinski definition) is 2. The van der Waals surface area contributed by atoms with Gasteiger partial charge in [-0.2, -0.15) is 0 Å². The van der Waals surface area contributed by atoms with Crippen LogP contribution in [0.15, 0.2) is 36.4 Å². The van der Waals surface area contributed by atoms with Crippen molar-refractivity contribution in [3.63, 3.8) is 0 Å². The zero-order valence-electron chi connectivity index (χ0n) is 11.2. The Labute approximate surface area is 136 Å². The van der Waals surface area contributed by atoms with E-state index >= 15 is 0 Å². The molecule has 0 atom stereocenters. The Bertz CT molecular complexity index is 842. The molecule has 3 nitrogen and oxygen atoms in total. The summed E-state index contributed by atoms with van der Waals surface area (Å²) in [6.07, 6.45) is 0. The summed E-state index contributed by atoms with van der Waals surface area (Å²) in [5.41, 5.74) is 9.32. The molecule has 6 heteroatoms. The van der Waals surface area contributed by atoms with Gasteiger partial charge in [0.25, 0.3) is 0 Å². The molecule has 2 aromatic carbocycles. The van der Waals surface area contributed by atoms with Crippen molar-refractivity contribution in [2.75, 3.05) is 5.32 Å². The number of fused-ring (bicyclic) bond motifs is 1. The highest BCUT2D eigenvalue weighted by atomic mass is 35.5. The number of hydrogen-bond acceptors (Lipinski definition) is 4. The van der Waals surface area contributed by atoms with Gasteiger partial charge in [0, 0.05) is 5.56 Å². The number of aryl methyl sites for hydroxylation is 1. The first-order valence-corrected chi connectivity index (χ1v) is 7.87. The summed E-state index contributed by atoms with van der Waals surface area (Å²) in [6.45, 7) is 2.07. The Hall–Kier alpha value is -1.69. The van der Waals surface area contributed by atoms with Crippen LogP contribution in [0.4, 0.5) is 10.8 Å². The summed E-state index contributed by atoms with van der Waals surface area (Å²) in [5, 5.41) is 4.61. The predicted molar refractivity (Wildman–Crippen MR) is 95.0 cm³/mol. The van der Waals surface area contributed by atoms with Crippen molar-refractivity contribution in [1.82, 2.24) is 4.98 Å². The van der Waals surface area contributed by atoms with E-state index in [1.54, 1.807) is 17.4 Å². The summed E-state index contributed by atoms with van der Waals surface area (Å²) in [4.78, 5) is 4.88. The second kappa shape index (κ2) is 5.60. The van der Waals surface area contributed by atoms with Gasteiger partial charge in [-0.15, -0.1) is 0 Å². The molecule has 3 aromatic rings. The SMILES string of the molecule is Cc1ccc2nc(Nc3ccc(C(N)=S)cc3Cl)sc2c1. The van der Waals surface area contributed by atoms with Crippen molar-refractivity contribution in [1.29, 1.82) is 0 Å². The second-order valence-corrected chi connectivity index (χ2v) is 6.55. The Balaban J connectivity index is 1.93. The number of rotatable bonds is 3. The lowest BCUT2D eigenvalue weighted by Gasteiger charge is -2.06. The van der Waals surface area contributed by atoms with Gasteiger partial charge in [0.1, 0.15) is 4.99 Å². The lowest BCUT2D eigenvalue weighted by Crippen LogP contribution is -2.09. The second-order valence-electron chi connectivity index (χ2n) is 4.67. The van der Waals surface area contributed by atoms with Crippen LogP contribution in [0.3, 0.4) is 0 Å². The average molecular weight is 334 g/mol. The Kier molecular flexibility index (Phi) is 3.80. The van der Waals surface area contributed by atoms with Crippen LogP contribution in [0.2, 0.25) is 5.02 Å². The summed E-state index contributed by atoms with van der Waals surface area (Å²) in [7, 11) is 0. The van der Waals surface area contributed by atoms with Crippen molar-refractivity contribution in [3.05, 3.63) is 52.5 Å². The largest absolute Gasteiger partial charge is 0.389 e. The first-order valence-electron chi connectivity index (χ1n) is 6.26. The van der Waals surface area contributed by atoms with E-state index in [1.165, 1.54) is 5.56 Å². The third-order valence-electron chi connectivity index (χ3n) is 3.04. The fraction of sp³-hybridized carbons (Fsp3) is 0.0667. The number of nitrogens with two attached hydrogens (primary N) is 1. The molecule has 3 rings (SSSR count). The molecule has 0 saturated heterocycles. The van der Waals surface area contributed by atoms with Crippen LogP contribution in [-0.2, 0) is 0 Å². The van der Waals surface area contributed by atoms with Gasteiger partial charge in [-0.3, -0.25) is 0 Å². The molecule has 0 amide bonds. The Morgan fingerprint density at radius 2 is 2.10 bits per heavy atom. The minimum atomic E-state index is 0.332. The molecule has 1 heterocycles. The van der Waals surface area contributed by atoms with Gasteiger partial charge < -0.3 is 11.1 Å². The third-order valence-corrected chi connectivity index (χ3v) is 4.52. The number of aromatic nitrogens is 1. The molecular formula is C15H12ClN3S2. The highest BCUT2D eigenvalue weighted by Crippen LogP contribution is 2.32. The zero-order chi connectivity index (χ0) is 15.0. The summed E-state index contributed by atoms with van der Waals surface area (Å²) in [6, 6.07) is 11.6. The fourth-order valence-electron chi connectivity index (χ4n) is 1.97. The zero-order valence-corrected chi connectivity index (χ0v) is 13.6. The molecule has 0 saturated carbocycles. The van der Waals surface area contributed by atoms with E-state index in [0.717, 1.165) is 26.6 Å². The molecule has 0 aliphatic rings. The van der Waals surface area contributed by atoms with Gasteiger partial charge in [0.05, 0.1) is 20.9 Å². The first-order chi connectivity index (χ1) is 10.0. The van der Waals surface area contributed by atoms with Crippen LogP contribution in [0, 0.1) is 6.92 Å². The molecule has 1 aromatic heterocycles. The quantitative estimate of drug-likeness (QED) is 0.686. The van der Waals surface area contributed by atoms with Crippen molar-refractivity contribution in [2.24, 2.45) is 5.73 Å². The molecule has 0 aliphatic carbocycles. The van der Waals surface area contributed by atoms with E-state index in [-0.39, 0.29) is 0 Å². The lowest BCUT2D eigenvalue weighted by molar-refractivity contribution is 1.43. The maximum atomic E-state index is 6.25. The highest BCUT2D eigenvalue weighted by Gasteiger charge is 2.08. The molecule has 0 spiro atoms. The smallest absolute Gasteiger partial charge is 0.188 e. The maximum Gasteiger partial charge on any atom is 0.188 e. The number of anilines is 2. The van der Waals surface area contributed by atoms with Crippen LogP contribution in [0.25, 0.3) is 10.2 Å². The molecule has 21 heavy (non-hydrogen) atoms. The van der Waals surface area contributed by atoms with Crippen molar-refractivity contribution < 1.29 is 0 Å². The molecule has 0 unspecified atom stereocenters. The molecular weight excluding hydrogens is 322 g/mol. The normalized spacial score (nSPS) is 10.8. The number of nitrogens with zero attached hydrogens (tertiary/aromatic N) is 1. The van der Waals surface area contributed by atoms with E-state index in [0.29, 0.717) is 10.0 Å². The van der Waals surface area contributed by atoms with Crippen LogP contribution in [-0.4, -0.2) is 9.97 Å². The van der Waals surface area contributed by atoms with Crippen LogP contribution < -0.4 is 11.1 Å². The van der Waals surface area contributed by atoms with Gasteiger partial charge in [0.2, 0.25) is 0 Å². The monoisotopic (exact) mass is 333 g/mol. The van der Waals surface area contributed by atoms with E-state index < -0.39 is 0 Å². The molecule has 0 radical (unpaired) electrons. The Morgan fingerprint density at radius 3 is 2.81 bits per heavy atom. The summed E-state index contributed by atoms with van der Waals surface area (Å²) >= 11 is 12.8. The number of benzene rings is 2. The van der Waals surface area contributed by atoms with Crippen molar-refractivity contribution in [3.8, 4) is 0 Å². The first kappa shape index (κ1) is 14.3. The lowest BCUT2D eigenvalue weighted by atomic mass is 10.2. The minimum absolute atomic E-state index is 0.332. The number of thiazole rings is 1. The van der Waals surface area contributed by atoms with E-state index in [9.17, 15) is 0 Å². The molecule has 0 aliphatic heterocycles. The van der Waals surface area contributed by atoms with Crippen molar-refractivity contribution in [2.45, 2.75) is 6.92 Å². The van der Waals surface area contributed by atoms with Gasteiger partial charge in [-0.1, -0.05) is 41.2 Å². The van der Waals surface area contributed by atoms with Gasteiger partial charge >= 0.3 is 0 Å².